The van der Waals surface area contributed by atoms with Crippen molar-refractivity contribution in [3.8, 4) is 0 Å². The second-order valence-corrected chi connectivity index (χ2v) is 11.5. The van der Waals surface area contributed by atoms with Gasteiger partial charge in [0.1, 0.15) is 17.4 Å². The first-order valence-corrected chi connectivity index (χ1v) is 14.9. The van der Waals surface area contributed by atoms with Crippen LogP contribution in [0.5, 0.6) is 0 Å². The van der Waals surface area contributed by atoms with Gasteiger partial charge in [0, 0.05) is 11.4 Å². The molecule has 7 nitrogen and oxygen atoms in total. The predicted molar refractivity (Wildman–Crippen MR) is 170 cm³/mol. The molecule has 1 fully saturated rings. The number of hydrogen-bond acceptors (Lipinski definition) is 6. The number of furan rings is 1. The summed E-state index contributed by atoms with van der Waals surface area (Å²) in [5, 5.41) is 3.04. The number of esters is 1. The zero-order valence-corrected chi connectivity index (χ0v) is 24.1. The number of rotatable bonds is 6. The highest BCUT2D eigenvalue weighted by molar-refractivity contribution is 6.15. The Labute approximate surface area is 259 Å². The lowest BCUT2D eigenvalue weighted by Crippen LogP contribution is -2.51. The number of anilines is 2. The molecule has 1 unspecified atom stereocenters. The van der Waals surface area contributed by atoms with Crippen LogP contribution in [0, 0.1) is 5.92 Å². The van der Waals surface area contributed by atoms with E-state index in [1.165, 1.54) is 6.26 Å². The van der Waals surface area contributed by atoms with Crippen LogP contribution in [0.25, 0.3) is 6.08 Å². The van der Waals surface area contributed by atoms with E-state index in [1.54, 1.807) is 12.1 Å². The third-order valence-electron chi connectivity index (χ3n) is 9.27. The van der Waals surface area contributed by atoms with E-state index in [0.717, 1.165) is 22.4 Å². The molecule has 3 aliphatic heterocycles. The molecule has 1 N–H and O–H groups in total. The van der Waals surface area contributed by atoms with Crippen LogP contribution in [-0.4, -0.2) is 29.7 Å². The summed E-state index contributed by atoms with van der Waals surface area (Å²) < 4.78 is 12.1. The molecule has 5 aromatic rings. The first-order chi connectivity index (χ1) is 22.1. The van der Waals surface area contributed by atoms with E-state index in [4.69, 9.17) is 9.15 Å². The topological polar surface area (TPSA) is 88.9 Å². The molecule has 0 saturated carbocycles. The molecular weight excluding hydrogens is 564 g/mol. The fourth-order valence-corrected chi connectivity index (χ4v) is 7.42. The van der Waals surface area contributed by atoms with Crippen molar-refractivity contribution in [2.75, 3.05) is 10.2 Å². The minimum Gasteiger partial charge on any atom is -0.461 e. The molecule has 1 spiro atoms. The van der Waals surface area contributed by atoms with Gasteiger partial charge >= 0.3 is 5.97 Å². The number of fused-ring (bicyclic) bond motifs is 6. The maximum Gasteiger partial charge on any atom is 0.314 e. The zero-order valence-electron chi connectivity index (χ0n) is 24.1. The molecule has 7 heteroatoms. The Hall–Kier alpha value is -5.69. The van der Waals surface area contributed by atoms with E-state index in [2.05, 4.69) is 5.32 Å². The summed E-state index contributed by atoms with van der Waals surface area (Å²) in [5.41, 5.74) is 2.98. The van der Waals surface area contributed by atoms with Gasteiger partial charge in [0.2, 0.25) is 11.7 Å². The molecule has 220 valence electrons. The number of ketones is 1. The van der Waals surface area contributed by atoms with Gasteiger partial charge in [-0.1, -0.05) is 109 Å². The van der Waals surface area contributed by atoms with Crippen molar-refractivity contribution < 1.29 is 23.5 Å². The summed E-state index contributed by atoms with van der Waals surface area (Å²) in [7, 11) is 0. The SMILES string of the molecule is O=C(OC(c1ccccc1)c1ccccc1)[C@@H]1[C@H](C(=O)c2ccco2)N2c3ccccc3C=CC2[C@@]12C(=O)Nc1ccccc12. The fraction of sp³-hybridized carbons (Fsp3) is 0.132. The van der Waals surface area contributed by atoms with Gasteiger partial charge in [-0.05, 0) is 46.5 Å². The van der Waals surface area contributed by atoms with Crippen LogP contribution in [-0.2, 0) is 19.7 Å². The van der Waals surface area contributed by atoms with E-state index in [1.807, 2.05) is 126 Å². The number of hydrogen-bond donors (Lipinski definition) is 1. The Morgan fingerprint density at radius 1 is 0.800 bits per heavy atom. The summed E-state index contributed by atoms with van der Waals surface area (Å²) in [6.07, 6.45) is 4.57. The van der Waals surface area contributed by atoms with Gasteiger partial charge in [0.05, 0.1) is 12.3 Å². The minimum atomic E-state index is -1.47. The molecular formula is C38H28N2O5. The highest BCUT2D eigenvalue weighted by Gasteiger charge is 2.71. The average Bonchev–Trinajstić information content (AvgIpc) is 3.81. The van der Waals surface area contributed by atoms with Gasteiger partial charge in [0.25, 0.3) is 0 Å². The van der Waals surface area contributed by atoms with Crippen LogP contribution in [0.1, 0.15) is 38.9 Å². The van der Waals surface area contributed by atoms with Crippen molar-refractivity contribution in [3.05, 3.63) is 162 Å². The molecule has 45 heavy (non-hydrogen) atoms. The Morgan fingerprint density at radius 3 is 2.18 bits per heavy atom. The maximum absolute atomic E-state index is 15.0. The van der Waals surface area contributed by atoms with Crippen molar-refractivity contribution in [1.29, 1.82) is 0 Å². The van der Waals surface area contributed by atoms with Crippen LogP contribution in [0.2, 0.25) is 0 Å². The third-order valence-corrected chi connectivity index (χ3v) is 9.27. The quantitative estimate of drug-likeness (QED) is 0.177. The summed E-state index contributed by atoms with van der Waals surface area (Å²) in [5.74, 6) is -2.52. The number of nitrogens with zero attached hydrogens (tertiary/aromatic N) is 1. The van der Waals surface area contributed by atoms with Crippen LogP contribution in [0.15, 0.2) is 138 Å². The number of Topliss-reactive ketones (excluding diaryl/α,β-unsaturated/α-hetero) is 1. The normalized spacial score (nSPS) is 22.6. The van der Waals surface area contributed by atoms with Gasteiger partial charge in [-0.25, -0.2) is 0 Å². The molecule has 4 aromatic carbocycles. The van der Waals surface area contributed by atoms with Crippen LogP contribution in [0.3, 0.4) is 0 Å². The van der Waals surface area contributed by atoms with Crippen LogP contribution < -0.4 is 10.2 Å². The van der Waals surface area contributed by atoms with Crippen molar-refractivity contribution in [3.63, 3.8) is 0 Å². The van der Waals surface area contributed by atoms with Crippen molar-refractivity contribution >= 4 is 35.1 Å². The monoisotopic (exact) mass is 592 g/mol. The number of benzene rings is 4. The average molecular weight is 593 g/mol. The first kappa shape index (κ1) is 26.9. The highest BCUT2D eigenvalue weighted by atomic mass is 16.5. The molecule has 0 bridgehead atoms. The molecule has 0 radical (unpaired) electrons. The first-order valence-electron chi connectivity index (χ1n) is 14.9. The van der Waals surface area contributed by atoms with Gasteiger partial charge in [-0.3, -0.25) is 14.4 Å². The van der Waals surface area contributed by atoms with Gasteiger partial charge in [-0.15, -0.1) is 0 Å². The Morgan fingerprint density at radius 2 is 1.47 bits per heavy atom. The van der Waals surface area contributed by atoms with E-state index in [-0.39, 0.29) is 11.7 Å². The Kier molecular flexibility index (Phi) is 6.27. The molecule has 4 atom stereocenters. The lowest BCUT2D eigenvalue weighted by atomic mass is 9.66. The standard InChI is InChI=1S/C38H28N2O5/c41-34(30-20-11-23-44-30)33-32(36(42)45-35(25-13-3-1-4-14-25)26-15-5-2-6-16-26)38(27-17-8-9-18-28(27)39-37(38)43)31-22-21-24-12-7-10-19-29(24)40(31)33/h1-23,31-33,35H,(H,39,43)/t31?,32-,33+,38+/m0/s1. The molecule has 1 amide bonds. The summed E-state index contributed by atoms with van der Waals surface area (Å²) >= 11 is 0. The zero-order chi connectivity index (χ0) is 30.5. The number of ether oxygens (including phenoxy) is 1. The van der Waals surface area contributed by atoms with Crippen molar-refractivity contribution in [2.45, 2.75) is 23.6 Å². The van der Waals surface area contributed by atoms with Crippen molar-refractivity contribution in [2.24, 2.45) is 5.92 Å². The Bertz CT molecular complexity index is 1910. The summed E-state index contributed by atoms with van der Waals surface area (Å²) in [6.45, 7) is 0. The minimum absolute atomic E-state index is 0.106. The molecule has 3 aliphatic rings. The van der Waals surface area contributed by atoms with Gasteiger partial charge < -0.3 is 19.4 Å². The number of carbonyl (C=O) groups excluding carboxylic acids is 3. The smallest absolute Gasteiger partial charge is 0.314 e. The number of carbonyl (C=O) groups is 3. The van der Waals surface area contributed by atoms with Gasteiger partial charge in [-0.2, -0.15) is 0 Å². The van der Waals surface area contributed by atoms with E-state index in [0.29, 0.717) is 11.3 Å². The highest BCUT2D eigenvalue weighted by Crippen LogP contribution is 2.58. The van der Waals surface area contributed by atoms with E-state index >= 15 is 4.79 Å². The third kappa shape index (κ3) is 4.00. The number of nitrogens with one attached hydrogen (secondary N) is 1. The second-order valence-electron chi connectivity index (χ2n) is 11.5. The molecule has 0 aliphatic carbocycles. The molecule has 1 aromatic heterocycles. The van der Waals surface area contributed by atoms with Gasteiger partial charge in [0.15, 0.2) is 11.9 Å². The largest absolute Gasteiger partial charge is 0.461 e. The fourth-order valence-electron chi connectivity index (χ4n) is 7.42. The molecule has 1 saturated heterocycles. The Balaban J connectivity index is 1.35. The summed E-state index contributed by atoms with van der Waals surface area (Å²) in [6, 6.07) is 35.5. The predicted octanol–water partition coefficient (Wildman–Crippen LogP) is 6.59. The molecule has 4 heterocycles. The number of para-hydroxylation sites is 2. The number of amides is 1. The molecule has 8 rings (SSSR count). The van der Waals surface area contributed by atoms with E-state index < -0.39 is 41.3 Å². The lowest BCUT2D eigenvalue weighted by molar-refractivity contribution is -0.156. The lowest BCUT2D eigenvalue weighted by Gasteiger charge is -2.37. The van der Waals surface area contributed by atoms with Crippen LogP contribution in [0.4, 0.5) is 11.4 Å². The summed E-state index contributed by atoms with van der Waals surface area (Å²) in [4.78, 5) is 46.0. The van der Waals surface area contributed by atoms with Crippen molar-refractivity contribution in [1.82, 2.24) is 0 Å². The van der Waals surface area contributed by atoms with Crippen LogP contribution >= 0.6 is 0 Å². The van der Waals surface area contributed by atoms with E-state index in [9.17, 15) is 9.59 Å². The second kappa shape index (κ2) is 10.5. The maximum atomic E-state index is 15.0.